The second kappa shape index (κ2) is 8.47. The Hall–Kier alpha value is -1.63. The van der Waals surface area contributed by atoms with Gasteiger partial charge in [-0.2, -0.15) is 0 Å². The number of nitrogen functional groups attached to an aromatic ring is 1. The minimum Gasteiger partial charge on any atom is -0.492 e. The molecule has 1 rings (SSSR count). The van der Waals surface area contributed by atoms with Crippen LogP contribution in [0.2, 0.25) is 0 Å². The molecule has 0 fully saturated rings. The minimum absolute atomic E-state index is 0.139. The van der Waals surface area contributed by atoms with Gasteiger partial charge in [0.25, 0.3) is 5.91 Å². The fraction of sp³-hybridized carbons (Fsp3) is 0.462. The van der Waals surface area contributed by atoms with Gasteiger partial charge in [0.05, 0.1) is 6.61 Å². The summed E-state index contributed by atoms with van der Waals surface area (Å²) < 4.78 is 5.58. The van der Waals surface area contributed by atoms with Crippen molar-refractivity contribution in [2.24, 2.45) is 5.84 Å². The van der Waals surface area contributed by atoms with E-state index in [1.54, 1.807) is 24.3 Å². The molecule has 0 saturated carbocycles. The van der Waals surface area contributed by atoms with Gasteiger partial charge in [0.15, 0.2) is 0 Å². The quantitative estimate of drug-likeness (QED) is 0.350. The van der Waals surface area contributed by atoms with E-state index >= 15 is 0 Å². The van der Waals surface area contributed by atoms with Crippen molar-refractivity contribution in [3.63, 3.8) is 0 Å². The number of nitrogens with zero attached hydrogens (tertiary/aromatic N) is 1. The molecule has 0 bridgehead atoms. The van der Waals surface area contributed by atoms with Gasteiger partial charge in [-0.25, -0.2) is 5.84 Å². The van der Waals surface area contributed by atoms with Gasteiger partial charge in [0.2, 0.25) is 0 Å². The first-order chi connectivity index (χ1) is 9.21. The average Bonchev–Trinajstić information content (AvgIpc) is 2.45. The van der Waals surface area contributed by atoms with Gasteiger partial charge in [-0.15, -0.1) is 0 Å². The normalized spacial score (nSPS) is 10.5. The van der Waals surface area contributed by atoms with Crippen LogP contribution < -0.4 is 16.0 Å². The number of ether oxygens (including phenoxy) is 1. The van der Waals surface area contributed by atoms with E-state index in [0.29, 0.717) is 24.5 Å². The topological polar surface area (TPSA) is 87.8 Å². The molecule has 0 aliphatic carbocycles. The monoisotopic (exact) mass is 267 g/mol. The number of hydrogen-bond acceptors (Lipinski definition) is 5. The molecule has 1 aromatic rings. The van der Waals surface area contributed by atoms with E-state index in [4.69, 9.17) is 15.7 Å². The number of likely N-dealkylation sites (N-methyl/N-ethyl adjacent to an activating group) is 1. The molecule has 0 unspecified atom stereocenters. The lowest BCUT2D eigenvalue weighted by molar-refractivity contribution is 0.0953. The number of carbonyl (C=O) groups excluding carboxylic acids is 1. The molecule has 0 atom stereocenters. The number of nitrogens with two attached hydrogens (primary N) is 1. The zero-order chi connectivity index (χ0) is 14.1. The van der Waals surface area contributed by atoms with E-state index in [2.05, 4.69) is 10.3 Å². The van der Waals surface area contributed by atoms with Crippen LogP contribution >= 0.6 is 0 Å². The van der Waals surface area contributed by atoms with Crippen molar-refractivity contribution in [2.45, 2.75) is 6.92 Å². The van der Waals surface area contributed by atoms with Crippen molar-refractivity contribution in [1.29, 1.82) is 0 Å². The Bertz CT molecular complexity index is 398. The Kier molecular flexibility index (Phi) is 6.88. The Balaban J connectivity index is 2.47. The molecule has 4 N–H and O–H groups in total. The highest BCUT2D eigenvalue weighted by molar-refractivity contribution is 5.94. The summed E-state index contributed by atoms with van der Waals surface area (Å²) in [6.45, 7) is 4.89. The van der Waals surface area contributed by atoms with Gasteiger partial charge in [-0.05, 0) is 24.7 Å². The summed E-state index contributed by atoms with van der Waals surface area (Å²) in [5, 5.41) is 8.87. The third kappa shape index (κ3) is 5.25. The maximum absolute atomic E-state index is 11.4. The van der Waals surface area contributed by atoms with Crippen molar-refractivity contribution >= 4 is 5.91 Å². The molecule has 6 nitrogen and oxygen atoms in total. The second-order valence-electron chi connectivity index (χ2n) is 4.01. The summed E-state index contributed by atoms with van der Waals surface area (Å²) >= 11 is 0. The van der Waals surface area contributed by atoms with Crippen molar-refractivity contribution in [1.82, 2.24) is 10.3 Å². The molecule has 19 heavy (non-hydrogen) atoms. The van der Waals surface area contributed by atoms with Crippen LogP contribution in [-0.2, 0) is 0 Å². The molecular formula is C13H21N3O3. The number of rotatable bonds is 8. The maximum atomic E-state index is 11.4. The third-order valence-electron chi connectivity index (χ3n) is 2.77. The number of hydrogen-bond donors (Lipinski definition) is 3. The van der Waals surface area contributed by atoms with Crippen LogP contribution in [0.25, 0.3) is 0 Å². The fourth-order valence-electron chi connectivity index (χ4n) is 1.67. The number of amides is 1. The van der Waals surface area contributed by atoms with E-state index in [-0.39, 0.29) is 12.5 Å². The largest absolute Gasteiger partial charge is 0.492 e. The fourth-order valence-corrected chi connectivity index (χ4v) is 1.67. The highest BCUT2D eigenvalue weighted by Crippen LogP contribution is 2.13. The highest BCUT2D eigenvalue weighted by atomic mass is 16.5. The first kappa shape index (κ1) is 15.4. The average molecular weight is 267 g/mol. The van der Waals surface area contributed by atoms with Gasteiger partial charge < -0.3 is 9.84 Å². The Morgan fingerprint density at radius 1 is 1.47 bits per heavy atom. The van der Waals surface area contributed by atoms with E-state index < -0.39 is 0 Å². The predicted molar refractivity (Wildman–Crippen MR) is 72.8 cm³/mol. The molecule has 1 amide bonds. The molecule has 6 heteroatoms. The van der Waals surface area contributed by atoms with E-state index in [0.717, 1.165) is 13.1 Å². The van der Waals surface area contributed by atoms with Gasteiger partial charge in [0, 0.05) is 18.7 Å². The van der Waals surface area contributed by atoms with E-state index in [1.165, 1.54) is 0 Å². The van der Waals surface area contributed by atoms with Gasteiger partial charge in [-0.3, -0.25) is 15.1 Å². The van der Waals surface area contributed by atoms with Gasteiger partial charge >= 0.3 is 0 Å². The second-order valence-corrected chi connectivity index (χ2v) is 4.01. The number of nitrogens with one attached hydrogen (secondary N) is 1. The Morgan fingerprint density at radius 2 is 2.26 bits per heavy atom. The lowest BCUT2D eigenvalue weighted by Crippen LogP contribution is -2.31. The summed E-state index contributed by atoms with van der Waals surface area (Å²) in [5.74, 6) is 5.35. The number of benzene rings is 1. The minimum atomic E-state index is -0.346. The lowest BCUT2D eigenvalue weighted by Gasteiger charge is -2.19. The molecule has 0 spiro atoms. The zero-order valence-electron chi connectivity index (χ0n) is 11.1. The molecule has 0 aromatic heterocycles. The number of carbonyl (C=O) groups is 1. The van der Waals surface area contributed by atoms with E-state index in [9.17, 15) is 4.79 Å². The van der Waals surface area contributed by atoms with Gasteiger partial charge in [-0.1, -0.05) is 13.0 Å². The maximum Gasteiger partial charge on any atom is 0.265 e. The number of aliphatic hydroxyl groups excluding tert-OH is 1. The summed E-state index contributed by atoms with van der Waals surface area (Å²) in [5.41, 5.74) is 2.54. The molecule has 0 saturated heterocycles. The lowest BCUT2D eigenvalue weighted by atomic mass is 10.2. The van der Waals surface area contributed by atoms with Crippen LogP contribution in [0.15, 0.2) is 24.3 Å². The van der Waals surface area contributed by atoms with Crippen LogP contribution in [0, 0.1) is 0 Å². The van der Waals surface area contributed by atoms with E-state index in [1.807, 2.05) is 6.92 Å². The Labute approximate surface area is 113 Å². The SMILES string of the molecule is CCN(CCO)CCOc1cccc(C(=O)NN)c1. The molecule has 0 heterocycles. The molecular weight excluding hydrogens is 246 g/mol. The number of hydrazine groups is 1. The molecule has 0 aliphatic heterocycles. The van der Waals surface area contributed by atoms with Gasteiger partial charge in [0.1, 0.15) is 12.4 Å². The summed E-state index contributed by atoms with van der Waals surface area (Å²) in [6, 6.07) is 6.84. The summed E-state index contributed by atoms with van der Waals surface area (Å²) in [6.07, 6.45) is 0. The van der Waals surface area contributed by atoms with Crippen LogP contribution in [-0.4, -0.2) is 48.8 Å². The molecule has 1 aromatic carbocycles. The van der Waals surface area contributed by atoms with Crippen LogP contribution in [0.4, 0.5) is 0 Å². The third-order valence-corrected chi connectivity index (χ3v) is 2.77. The summed E-state index contributed by atoms with van der Waals surface area (Å²) in [7, 11) is 0. The van der Waals surface area contributed by atoms with Crippen molar-refractivity contribution in [3.8, 4) is 5.75 Å². The zero-order valence-corrected chi connectivity index (χ0v) is 11.1. The van der Waals surface area contributed by atoms with Crippen LogP contribution in [0.3, 0.4) is 0 Å². The number of aliphatic hydroxyl groups is 1. The van der Waals surface area contributed by atoms with Crippen molar-refractivity contribution < 1.29 is 14.6 Å². The predicted octanol–water partition coefficient (Wildman–Crippen LogP) is -0.0169. The standard InChI is InChI=1S/C13H21N3O3/c1-2-16(6-8-17)7-9-19-12-5-3-4-11(10-12)13(18)15-14/h3-5,10,17H,2,6-9,14H2,1H3,(H,15,18). The first-order valence-corrected chi connectivity index (χ1v) is 6.28. The Morgan fingerprint density at radius 3 is 2.89 bits per heavy atom. The highest BCUT2D eigenvalue weighted by Gasteiger charge is 2.05. The molecule has 0 aliphatic rings. The molecule has 106 valence electrons. The van der Waals surface area contributed by atoms with Crippen LogP contribution in [0.5, 0.6) is 5.75 Å². The van der Waals surface area contributed by atoms with Crippen LogP contribution in [0.1, 0.15) is 17.3 Å². The smallest absolute Gasteiger partial charge is 0.265 e. The van der Waals surface area contributed by atoms with Crippen molar-refractivity contribution in [3.05, 3.63) is 29.8 Å². The summed E-state index contributed by atoms with van der Waals surface area (Å²) in [4.78, 5) is 13.4. The first-order valence-electron chi connectivity index (χ1n) is 6.28. The van der Waals surface area contributed by atoms with Crippen molar-refractivity contribution in [2.75, 3.05) is 32.8 Å². The molecule has 0 radical (unpaired) electrons.